The Kier molecular flexibility index (Phi) is 5.58. The van der Waals surface area contributed by atoms with Gasteiger partial charge in [0.15, 0.2) is 5.69 Å². The van der Waals surface area contributed by atoms with E-state index in [0.29, 0.717) is 31.1 Å². The number of piperidine rings is 1. The van der Waals surface area contributed by atoms with Crippen LogP contribution in [-0.4, -0.2) is 41.6 Å². The lowest BCUT2D eigenvalue weighted by atomic mass is 9.74. The van der Waals surface area contributed by atoms with Crippen molar-refractivity contribution in [2.45, 2.75) is 44.9 Å². The first kappa shape index (κ1) is 20.5. The molecule has 1 saturated carbocycles. The summed E-state index contributed by atoms with van der Waals surface area (Å²) in [4.78, 5) is 27.5. The van der Waals surface area contributed by atoms with Crippen LogP contribution < -0.4 is 0 Å². The molecule has 1 amide bonds. The van der Waals surface area contributed by atoms with Crippen molar-refractivity contribution >= 4 is 11.9 Å². The Balaban J connectivity index is 1.58. The van der Waals surface area contributed by atoms with Gasteiger partial charge in [0.1, 0.15) is 17.4 Å². The lowest BCUT2D eigenvalue weighted by Gasteiger charge is -2.40. The van der Waals surface area contributed by atoms with Gasteiger partial charge in [-0.25, -0.2) is 8.78 Å². The van der Waals surface area contributed by atoms with E-state index in [1.807, 2.05) is 0 Å². The summed E-state index contributed by atoms with van der Waals surface area (Å²) in [6.45, 7) is 2.41. The van der Waals surface area contributed by atoms with Crippen LogP contribution in [0.5, 0.6) is 0 Å². The maximum atomic E-state index is 14.3. The SMILES string of the molecule is CCOC(=O)[C@]1(Cc2ccc(F)cc2F)CCCN(C(=O)c2cc(C3CC3)on2)C1. The van der Waals surface area contributed by atoms with Crippen LogP contribution in [0.3, 0.4) is 0 Å². The van der Waals surface area contributed by atoms with Crippen molar-refractivity contribution in [3.8, 4) is 0 Å². The second-order valence-corrected chi connectivity index (χ2v) is 8.13. The number of benzene rings is 1. The molecule has 1 atom stereocenters. The molecule has 2 fully saturated rings. The Bertz CT molecular complexity index is 956. The predicted molar refractivity (Wildman–Crippen MR) is 103 cm³/mol. The summed E-state index contributed by atoms with van der Waals surface area (Å²) < 4.78 is 38.2. The van der Waals surface area contributed by atoms with E-state index in [1.54, 1.807) is 17.9 Å². The molecule has 2 aliphatic rings. The number of hydrogen-bond donors (Lipinski definition) is 0. The molecule has 160 valence electrons. The van der Waals surface area contributed by atoms with Gasteiger partial charge in [0.2, 0.25) is 0 Å². The molecule has 0 radical (unpaired) electrons. The van der Waals surface area contributed by atoms with E-state index in [1.165, 1.54) is 6.07 Å². The largest absolute Gasteiger partial charge is 0.466 e. The summed E-state index contributed by atoms with van der Waals surface area (Å²) in [7, 11) is 0. The Morgan fingerprint density at radius 1 is 1.30 bits per heavy atom. The average molecular weight is 418 g/mol. The molecule has 1 aromatic carbocycles. The van der Waals surface area contributed by atoms with E-state index in [0.717, 1.165) is 25.0 Å². The Morgan fingerprint density at radius 3 is 2.80 bits per heavy atom. The highest BCUT2D eigenvalue weighted by Gasteiger charge is 2.46. The quantitative estimate of drug-likeness (QED) is 0.666. The first-order valence-corrected chi connectivity index (χ1v) is 10.3. The molecule has 0 N–H and O–H groups in total. The number of hydrogen-bond acceptors (Lipinski definition) is 5. The molecule has 8 heteroatoms. The number of aromatic nitrogens is 1. The number of nitrogens with zero attached hydrogens (tertiary/aromatic N) is 2. The van der Waals surface area contributed by atoms with Crippen molar-refractivity contribution < 1.29 is 27.6 Å². The van der Waals surface area contributed by atoms with Crippen molar-refractivity contribution in [2.24, 2.45) is 5.41 Å². The number of likely N-dealkylation sites (tertiary alicyclic amines) is 1. The fourth-order valence-electron chi connectivity index (χ4n) is 4.11. The predicted octanol–water partition coefficient (Wildman–Crippen LogP) is 3.86. The zero-order valence-electron chi connectivity index (χ0n) is 16.8. The minimum Gasteiger partial charge on any atom is -0.466 e. The van der Waals surface area contributed by atoms with Crippen LogP contribution in [0, 0.1) is 17.0 Å². The van der Waals surface area contributed by atoms with Gasteiger partial charge in [-0.3, -0.25) is 9.59 Å². The maximum Gasteiger partial charge on any atom is 0.314 e. The minimum absolute atomic E-state index is 0.0217. The Labute approximate surface area is 173 Å². The Hall–Kier alpha value is -2.77. The number of carbonyl (C=O) groups is 2. The zero-order valence-corrected chi connectivity index (χ0v) is 16.8. The lowest BCUT2D eigenvalue weighted by Crippen LogP contribution is -2.51. The van der Waals surface area contributed by atoms with Crippen LogP contribution in [0.4, 0.5) is 8.78 Å². The molecule has 0 spiro atoms. The van der Waals surface area contributed by atoms with E-state index < -0.39 is 23.0 Å². The molecule has 2 heterocycles. The van der Waals surface area contributed by atoms with Crippen LogP contribution in [-0.2, 0) is 16.0 Å². The number of amides is 1. The van der Waals surface area contributed by atoms with Crippen molar-refractivity contribution in [1.29, 1.82) is 0 Å². The third-order valence-electron chi connectivity index (χ3n) is 5.84. The molecule has 1 saturated heterocycles. The van der Waals surface area contributed by atoms with Crippen LogP contribution in [0.2, 0.25) is 0 Å². The molecule has 4 rings (SSSR count). The summed E-state index contributed by atoms with van der Waals surface area (Å²) >= 11 is 0. The van der Waals surface area contributed by atoms with E-state index in [-0.39, 0.29) is 36.7 Å². The summed E-state index contributed by atoms with van der Waals surface area (Å²) in [6, 6.07) is 4.97. The molecule has 0 unspecified atom stereocenters. The van der Waals surface area contributed by atoms with E-state index in [9.17, 15) is 18.4 Å². The molecule has 1 aliphatic heterocycles. The average Bonchev–Trinajstić information content (AvgIpc) is 3.47. The standard InChI is InChI=1S/C22H24F2N2O4/c1-2-29-21(28)22(12-15-6-7-16(23)10-17(15)24)8-3-9-26(13-22)20(27)18-11-19(30-25-18)14-4-5-14/h6-7,10-11,14H,2-5,8-9,12-13H2,1H3/t22-/m0/s1. The first-order valence-electron chi connectivity index (χ1n) is 10.3. The molecule has 2 aromatic rings. The van der Waals surface area contributed by atoms with Crippen LogP contribution in [0.1, 0.15) is 60.3 Å². The van der Waals surface area contributed by atoms with Crippen LogP contribution in [0.25, 0.3) is 0 Å². The third kappa shape index (κ3) is 4.08. The smallest absolute Gasteiger partial charge is 0.314 e. The van der Waals surface area contributed by atoms with Gasteiger partial charge in [-0.05, 0) is 50.7 Å². The number of rotatable bonds is 6. The Morgan fingerprint density at radius 2 is 2.10 bits per heavy atom. The number of carbonyl (C=O) groups excluding carboxylic acids is 2. The van der Waals surface area contributed by atoms with Gasteiger partial charge >= 0.3 is 5.97 Å². The summed E-state index contributed by atoms with van der Waals surface area (Å²) in [6.07, 6.45) is 3.08. The second kappa shape index (κ2) is 8.16. The fourth-order valence-corrected chi connectivity index (χ4v) is 4.11. The van der Waals surface area contributed by atoms with Crippen molar-refractivity contribution in [1.82, 2.24) is 10.1 Å². The van der Waals surface area contributed by atoms with Gasteiger partial charge in [-0.2, -0.15) is 0 Å². The van der Waals surface area contributed by atoms with Gasteiger partial charge in [0.05, 0.1) is 12.0 Å². The summed E-state index contributed by atoms with van der Waals surface area (Å²) in [5.41, 5.74) is -0.674. The molecule has 6 nitrogen and oxygen atoms in total. The van der Waals surface area contributed by atoms with Gasteiger partial charge in [0.25, 0.3) is 5.91 Å². The van der Waals surface area contributed by atoms with Crippen molar-refractivity contribution in [3.05, 3.63) is 52.9 Å². The molecular formula is C22H24F2N2O4. The van der Waals surface area contributed by atoms with Crippen LogP contribution in [0.15, 0.2) is 28.8 Å². The first-order chi connectivity index (χ1) is 14.4. The highest BCUT2D eigenvalue weighted by molar-refractivity contribution is 5.93. The van der Waals surface area contributed by atoms with Gasteiger partial charge in [-0.1, -0.05) is 11.2 Å². The topological polar surface area (TPSA) is 72.6 Å². The number of ether oxygens (including phenoxy) is 1. The van der Waals surface area contributed by atoms with Crippen molar-refractivity contribution in [2.75, 3.05) is 19.7 Å². The van der Waals surface area contributed by atoms with E-state index >= 15 is 0 Å². The second-order valence-electron chi connectivity index (χ2n) is 8.13. The molecular weight excluding hydrogens is 394 g/mol. The lowest BCUT2D eigenvalue weighted by molar-refractivity contribution is -0.158. The zero-order chi connectivity index (χ0) is 21.3. The number of halogens is 2. The molecule has 0 bridgehead atoms. The van der Waals surface area contributed by atoms with E-state index in [4.69, 9.17) is 9.26 Å². The highest BCUT2D eigenvalue weighted by Crippen LogP contribution is 2.41. The molecule has 1 aromatic heterocycles. The summed E-state index contributed by atoms with van der Waals surface area (Å²) in [5.74, 6) is -1.16. The minimum atomic E-state index is -1.11. The summed E-state index contributed by atoms with van der Waals surface area (Å²) in [5, 5.41) is 3.91. The monoisotopic (exact) mass is 418 g/mol. The highest BCUT2D eigenvalue weighted by atomic mass is 19.1. The van der Waals surface area contributed by atoms with Gasteiger partial charge in [-0.15, -0.1) is 0 Å². The van der Waals surface area contributed by atoms with Crippen molar-refractivity contribution in [3.63, 3.8) is 0 Å². The third-order valence-corrected chi connectivity index (χ3v) is 5.84. The van der Waals surface area contributed by atoms with Crippen LogP contribution >= 0.6 is 0 Å². The van der Waals surface area contributed by atoms with Gasteiger partial charge in [0, 0.05) is 31.1 Å². The van der Waals surface area contributed by atoms with E-state index in [2.05, 4.69) is 5.16 Å². The number of esters is 1. The maximum absolute atomic E-state index is 14.3. The fraction of sp³-hybridized carbons (Fsp3) is 0.500. The van der Waals surface area contributed by atoms with Gasteiger partial charge < -0.3 is 14.2 Å². The normalized spacial score (nSPS) is 21.5. The molecule has 1 aliphatic carbocycles. The molecule has 30 heavy (non-hydrogen) atoms.